The molecule has 3 heteroatoms. The summed E-state index contributed by atoms with van der Waals surface area (Å²) in [5.41, 5.74) is 2.48. The number of nitrogens with one attached hydrogen (secondary N) is 1. The average molecular weight is 322 g/mol. The summed E-state index contributed by atoms with van der Waals surface area (Å²) < 4.78 is 6.92. The number of aryl methyl sites for hydroxylation is 2. The molecule has 2 rings (SSSR count). The van der Waals surface area contributed by atoms with E-state index in [1.807, 2.05) is 13.0 Å². The van der Waals surface area contributed by atoms with E-state index >= 15 is 0 Å². The van der Waals surface area contributed by atoms with Crippen LogP contribution >= 0.6 is 15.9 Å². The summed E-state index contributed by atoms with van der Waals surface area (Å²) in [7, 11) is 0. The summed E-state index contributed by atoms with van der Waals surface area (Å²) in [6, 6.07) is 10.6. The molecule has 2 aromatic rings. The van der Waals surface area contributed by atoms with E-state index < -0.39 is 0 Å². The predicted molar refractivity (Wildman–Crippen MR) is 82.5 cm³/mol. The Morgan fingerprint density at radius 1 is 1.21 bits per heavy atom. The second-order valence-electron chi connectivity index (χ2n) is 4.86. The van der Waals surface area contributed by atoms with E-state index in [1.165, 1.54) is 11.1 Å². The number of hydrogen-bond acceptors (Lipinski definition) is 2. The van der Waals surface area contributed by atoms with E-state index in [1.54, 1.807) is 0 Å². The highest BCUT2D eigenvalue weighted by Crippen LogP contribution is 2.30. The van der Waals surface area contributed by atoms with Crippen LogP contribution in [-0.4, -0.2) is 6.54 Å². The smallest absolute Gasteiger partial charge is 0.125 e. The number of hydrogen-bond donors (Lipinski definition) is 1. The van der Waals surface area contributed by atoms with E-state index in [4.69, 9.17) is 4.42 Å². The Hall–Kier alpha value is -1.06. The SMILES string of the molecule is CCCNC(c1ccc(C)o1)c1cc(C)ccc1Br. The molecule has 1 aromatic heterocycles. The summed E-state index contributed by atoms with van der Waals surface area (Å²) in [6.07, 6.45) is 1.10. The first-order chi connectivity index (χ1) is 9.11. The number of halogens is 1. The minimum atomic E-state index is 0.0999. The van der Waals surface area contributed by atoms with E-state index in [-0.39, 0.29) is 6.04 Å². The van der Waals surface area contributed by atoms with Crippen molar-refractivity contribution in [3.63, 3.8) is 0 Å². The highest BCUT2D eigenvalue weighted by Gasteiger charge is 2.19. The van der Waals surface area contributed by atoms with Crippen LogP contribution in [0.25, 0.3) is 0 Å². The van der Waals surface area contributed by atoms with Gasteiger partial charge in [0.25, 0.3) is 0 Å². The molecule has 1 atom stereocenters. The van der Waals surface area contributed by atoms with Crippen LogP contribution < -0.4 is 5.32 Å². The standard InChI is InChI=1S/C16H20BrNO/c1-4-9-18-16(15-8-6-12(3)19-15)13-10-11(2)5-7-14(13)17/h5-8,10,16,18H,4,9H2,1-3H3. The molecule has 0 bridgehead atoms. The van der Waals surface area contributed by atoms with Crippen molar-refractivity contribution < 1.29 is 4.42 Å². The number of benzene rings is 1. The van der Waals surface area contributed by atoms with Crippen molar-refractivity contribution in [2.24, 2.45) is 0 Å². The first-order valence-electron chi connectivity index (χ1n) is 6.67. The second kappa shape index (κ2) is 6.40. The summed E-state index contributed by atoms with van der Waals surface area (Å²) in [4.78, 5) is 0. The molecule has 1 N–H and O–H groups in total. The molecule has 19 heavy (non-hydrogen) atoms. The van der Waals surface area contributed by atoms with Crippen molar-refractivity contribution in [2.45, 2.75) is 33.2 Å². The van der Waals surface area contributed by atoms with Gasteiger partial charge in [-0.05, 0) is 50.6 Å². The van der Waals surface area contributed by atoms with E-state index in [2.05, 4.69) is 59.4 Å². The van der Waals surface area contributed by atoms with Gasteiger partial charge in [0, 0.05) is 4.47 Å². The van der Waals surface area contributed by atoms with Gasteiger partial charge in [-0.25, -0.2) is 0 Å². The maximum Gasteiger partial charge on any atom is 0.125 e. The predicted octanol–water partition coefficient (Wildman–Crippen LogP) is 4.75. The third-order valence-electron chi connectivity index (χ3n) is 3.11. The largest absolute Gasteiger partial charge is 0.464 e. The van der Waals surface area contributed by atoms with Gasteiger partial charge in [-0.15, -0.1) is 0 Å². The van der Waals surface area contributed by atoms with Crippen LogP contribution in [0.1, 0.15) is 42.0 Å². The van der Waals surface area contributed by atoms with Gasteiger partial charge in [-0.2, -0.15) is 0 Å². The first-order valence-corrected chi connectivity index (χ1v) is 7.47. The normalized spacial score (nSPS) is 12.6. The molecule has 2 nitrogen and oxygen atoms in total. The fourth-order valence-electron chi connectivity index (χ4n) is 2.15. The van der Waals surface area contributed by atoms with Crippen LogP contribution in [0, 0.1) is 13.8 Å². The van der Waals surface area contributed by atoms with Gasteiger partial charge in [-0.1, -0.05) is 40.5 Å². The maximum absolute atomic E-state index is 5.81. The topological polar surface area (TPSA) is 25.2 Å². The van der Waals surface area contributed by atoms with Crippen LogP contribution in [-0.2, 0) is 0 Å². The van der Waals surface area contributed by atoms with Crippen LogP contribution in [0.4, 0.5) is 0 Å². The molecule has 0 aliphatic heterocycles. The molecule has 102 valence electrons. The van der Waals surface area contributed by atoms with Gasteiger partial charge in [0.1, 0.15) is 11.5 Å². The fraction of sp³-hybridized carbons (Fsp3) is 0.375. The Bertz CT molecular complexity index is 547. The molecule has 0 saturated carbocycles. The average Bonchev–Trinajstić information content (AvgIpc) is 2.80. The second-order valence-corrected chi connectivity index (χ2v) is 5.71. The van der Waals surface area contributed by atoms with Crippen molar-refractivity contribution in [2.75, 3.05) is 6.54 Å². The lowest BCUT2D eigenvalue weighted by Crippen LogP contribution is -2.23. The van der Waals surface area contributed by atoms with Gasteiger partial charge in [0.15, 0.2) is 0 Å². The molecular formula is C16H20BrNO. The van der Waals surface area contributed by atoms with Crippen molar-refractivity contribution in [1.29, 1.82) is 0 Å². The quantitative estimate of drug-likeness (QED) is 0.859. The Balaban J connectivity index is 2.39. The summed E-state index contributed by atoms with van der Waals surface area (Å²) >= 11 is 3.65. The lowest BCUT2D eigenvalue weighted by molar-refractivity contribution is 0.430. The lowest BCUT2D eigenvalue weighted by Gasteiger charge is -2.19. The van der Waals surface area contributed by atoms with Crippen LogP contribution in [0.15, 0.2) is 39.2 Å². The Labute approximate surface area is 123 Å². The van der Waals surface area contributed by atoms with Gasteiger partial charge < -0.3 is 9.73 Å². The Morgan fingerprint density at radius 2 is 2.00 bits per heavy atom. The molecule has 0 fully saturated rings. The van der Waals surface area contributed by atoms with Crippen molar-refractivity contribution in [3.05, 3.63) is 57.5 Å². The summed E-state index contributed by atoms with van der Waals surface area (Å²) in [6.45, 7) is 7.22. The van der Waals surface area contributed by atoms with Gasteiger partial charge in [-0.3, -0.25) is 0 Å². The Kier molecular flexibility index (Phi) is 4.83. The molecule has 0 aliphatic rings. The zero-order valence-electron chi connectivity index (χ0n) is 11.7. The Morgan fingerprint density at radius 3 is 2.63 bits per heavy atom. The number of rotatable bonds is 5. The molecule has 1 aromatic carbocycles. The molecule has 1 heterocycles. The molecular weight excluding hydrogens is 302 g/mol. The monoisotopic (exact) mass is 321 g/mol. The first kappa shape index (κ1) is 14.4. The van der Waals surface area contributed by atoms with Crippen molar-refractivity contribution in [3.8, 4) is 0 Å². The molecule has 0 radical (unpaired) electrons. The zero-order valence-corrected chi connectivity index (χ0v) is 13.3. The van der Waals surface area contributed by atoms with E-state index in [9.17, 15) is 0 Å². The van der Waals surface area contributed by atoms with Crippen LogP contribution in [0.3, 0.4) is 0 Å². The van der Waals surface area contributed by atoms with Crippen molar-refractivity contribution in [1.82, 2.24) is 5.32 Å². The van der Waals surface area contributed by atoms with Gasteiger partial charge >= 0.3 is 0 Å². The van der Waals surface area contributed by atoms with Gasteiger partial charge in [0.2, 0.25) is 0 Å². The van der Waals surface area contributed by atoms with Crippen molar-refractivity contribution >= 4 is 15.9 Å². The van der Waals surface area contributed by atoms with Crippen LogP contribution in [0.5, 0.6) is 0 Å². The third kappa shape index (κ3) is 3.48. The van der Waals surface area contributed by atoms with Gasteiger partial charge in [0.05, 0.1) is 6.04 Å². The minimum absolute atomic E-state index is 0.0999. The molecule has 1 unspecified atom stereocenters. The van der Waals surface area contributed by atoms with Crippen LogP contribution in [0.2, 0.25) is 0 Å². The molecule has 0 amide bonds. The molecule has 0 spiro atoms. The highest BCUT2D eigenvalue weighted by atomic mass is 79.9. The maximum atomic E-state index is 5.81. The molecule has 0 saturated heterocycles. The van der Waals surface area contributed by atoms with E-state index in [0.29, 0.717) is 0 Å². The zero-order chi connectivity index (χ0) is 13.8. The third-order valence-corrected chi connectivity index (χ3v) is 3.83. The van der Waals surface area contributed by atoms with E-state index in [0.717, 1.165) is 29.0 Å². The molecule has 0 aliphatic carbocycles. The summed E-state index contributed by atoms with van der Waals surface area (Å²) in [5.74, 6) is 1.92. The fourth-order valence-corrected chi connectivity index (χ4v) is 2.62. The lowest BCUT2D eigenvalue weighted by atomic mass is 10.0. The minimum Gasteiger partial charge on any atom is -0.464 e. The summed E-state index contributed by atoms with van der Waals surface area (Å²) in [5, 5.41) is 3.56. The highest BCUT2D eigenvalue weighted by molar-refractivity contribution is 9.10. The number of furan rings is 1.